The van der Waals surface area contributed by atoms with Crippen LogP contribution in [0.1, 0.15) is 30.4 Å². The van der Waals surface area contributed by atoms with Gasteiger partial charge in [0.25, 0.3) is 0 Å². The van der Waals surface area contributed by atoms with Gasteiger partial charge in [-0.1, -0.05) is 12.1 Å². The van der Waals surface area contributed by atoms with Crippen molar-refractivity contribution < 1.29 is 9.53 Å². The van der Waals surface area contributed by atoms with E-state index in [9.17, 15) is 4.79 Å². The van der Waals surface area contributed by atoms with Gasteiger partial charge in [0.1, 0.15) is 0 Å². The van der Waals surface area contributed by atoms with E-state index < -0.39 is 0 Å². The van der Waals surface area contributed by atoms with Gasteiger partial charge in [-0.3, -0.25) is 4.79 Å². The number of carbonyl (C=O) groups excluding carboxylic acids is 1. The highest BCUT2D eigenvalue weighted by atomic mass is 32.2. The number of benzene rings is 1. The molecule has 0 amide bonds. The molecule has 96 valence electrons. The first-order valence-electron chi connectivity index (χ1n) is 6.57. The minimum absolute atomic E-state index is 0.0328. The minimum atomic E-state index is -0.204. The Morgan fingerprint density at radius 2 is 2.28 bits per heavy atom. The van der Waals surface area contributed by atoms with Crippen LogP contribution in [0.25, 0.3) is 0 Å². The molecule has 0 saturated heterocycles. The number of fused-ring (bicyclic) bond motifs is 1. The lowest BCUT2D eigenvalue weighted by Gasteiger charge is -2.18. The van der Waals surface area contributed by atoms with Crippen LogP contribution >= 0.6 is 11.8 Å². The van der Waals surface area contributed by atoms with Gasteiger partial charge in [-0.2, -0.15) is 0 Å². The molecule has 1 heterocycles. The number of rotatable bonds is 3. The van der Waals surface area contributed by atoms with Crippen LogP contribution in [-0.4, -0.2) is 18.8 Å². The summed E-state index contributed by atoms with van der Waals surface area (Å²) in [6.45, 7) is 0. The Morgan fingerprint density at radius 1 is 1.44 bits per heavy atom. The second kappa shape index (κ2) is 4.61. The maximum atomic E-state index is 11.8. The standard InChI is InChI=1S/C15H18O2S/c1-17-14(16)15(6-7-15)10-11-4-5-13-12(9-11)3-2-8-18-13/h4-5,9H,2-3,6-8,10H2,1H3. The smallest absolute Gasteiger partial charge is 0.312 e. The van der Waals surface area contributed by atoms with Crippen LogP contribution in [0, 0.1) is 5.41 Å². The lowest BCUT2D eigenvalue weighted by atomic mass is 9.94. The van der Waals surface area contributed by atoms with Crippen LogP contribution in [0.3, 0.4) is 0 Å². The van der Waals surface area contributed by atoms with Gasteiger partial charge in [0.15, 0.2) is 0 Å². The average molecular weight is 262 g/mol. The van der Waals surface area contributed by atoms with Crippen LogP contribution in [0.15, 0.2) is 23.1 Å². The highest BCUT2D eigenvalue weighted by Crippen LogP contribution is 2.49. The highest BCUT2D eigenvalue weighted by Gasteiger charge is 2.50. The number of methoxy groups -OCH3 is 1. The van der Waals surface area contributed by atoms with Crippen LogP contribution < -0.4 is 0 Å². The molecule has 3 heteroatoms. The van der Waals surface area contributed by atoms with Gasteiger partial charge in [-0.15, -0.1) is 11.8 Å². The first kappa shape index (κ1) is 12.1. The molecule has 1 saturated carbocycles. The zero-order valence-electron chi connectivity index (χ0n) is 10.7. The molecule has 1 aliphatic heterocycles. The zero-order chi connectivity index (χ0) is 12.6. The topological polar surface area (TPSA) is 26.3 Å². The summed E-state index contributed by atoms with van der Waals surface area (Å²) in [5.74, 6) is 1.20. The molecule has 2 aliphatic rings. The lowest BCUT2D eigenvalue weighted by Crippen LogP contribution is -2.20. The summed E-state index contributed by atoms with van der Waals surface area (Å²) in [5, 5.41) is 0. The van der Waals surface area contributed by atoms with Gasteiger partial charge in [-0.05, 0) is 55.1 Å². The maximum absolute atomic E-state index is 11.8. The molecule has 18 heavy (non-hydrogen) atoms. The summed E-state index contributed by atoms with van der Waals surface area (Å²) in [6.07, 6.45) is 5.25. The molecule has 1 aromatic carbocycles. The second-order valence-corrected chi connectivity index (χ2v) is 6.48. The molecular formula is C15H18O2S. The van der Waals surface area contributed by atoms with Crippen LogP contribution in [0.4, 0.5) is 0 Å². The van der Waals surface area contributed by atoms with Crippen molar-refractivity contribution in [2.75, 3.05) is 12.9 Å². The number of esters is 1. The Balaban J connectivity index is 1.79. The van der Waals surface area contributed by atoms with E-state index in [1.807, 2.05) is 11.8 Å². The zero-order valence-corrected chi connectivity index (χ0v) is 11.5. The second-order valence-electron chi connectivity index (χ2n) is 5.34. The largest absolute Gasteiger partial charge is 0.469 e. The van der Waals surface area contributed by atoms with Crippen molar-refractivity contribution in [2.45, 2.75) is 37.0 Å². The molecule has 3 rings (SSSR count). The van der Waals surface area contributed by atoms with Gasteiger partial charge >= 0.3 is 5.97 Å². The molecule has 2 nitrogen and oxygen atoms in total. The van der Waals surface area contributed by atoms with Crippen molar-refractivity contribution in [3.63, 3.8) is 0 Å². The third-order valence-electron chi connectivity index (χ3n) is 3.99. The SMILES string of the molecule is COC(=O)C1(Cc2ccc3c(c2)CCCS3)CC1. The summed E-state index contributed by atoms with van der Waals surface area (Å²) in [4.78, 5) is 13.2. The maximum Gasteiger partial charge on any atom is 0.312 e. The van der Waals surface area contributed by atoms with Crippen molar-refractivity contribution in [2.24, 2.45) is 5.41 Å². The van der Waals surface area contributed by atoms with Crippen molar-refractivity contribution in [1.82, 2.24) is 0 Å². The van der Waals surface area contributed by atoms with E-state index >= 15 is 0 Å². The fourth-order valence-corrected chi connectivity index (χ4v) is 3.75. The minimum Gasteiger partial charge on any atom is -0.469 e. The van der Waals surface area contributed by atoms with E-state index in [0.29, 0.717) is 0 Å². The number of thioether (sulfide) groups is 1. The molecule has 0 spiro atoms. The van der Waals surface area contributed by atoms with Crippen molar-refractivity contribution in [3.05, 3.63) is 29.3 Å². The molecule has 0 bridgehead atoms. The Morgan fingerprint density at radius 3 is 3.00 bits per heavy atom. The first-order chi connectivity index (χ1) is 8.73. The molecule has 1 aromatic rings. The first-order valence-corrected chi connectivity index (χ1v) is 7.55. The van der Waals surface area contributed by atoms with E-state index in [1.165, 1.54) is 41.7 Å². The summed E-state index contributed by atoms with van der Waals surface area (Å²) >= 11 is 1.95. The number of hydrogen-bond donors (Lipinski definition) is 0. The predicted molar refractivity (Wildman–Crippen MR) is 72.9 cm³/mol. The Kier molecular flexibility index (Phi) is 3.10. The normalized spacial score (nSPS) is 20.1. The monoisotopic (exact) mass is 262 g/mol. The molecule has 0 unspecified atom stereocenters. The van der Waals surface area contributed by atoms with Crippen molar-refractivity contribution >= 4 is 17.7 Å². The van der Waals surface area contributed by atoms with E-state index in [0.717, 1.165) is 19.3 Å². The molecule has 0 atom stereocenters. The molecule has 0 radical (unpaired) electrons. The number of carbonyl (C=O) groups is 1. The summed E-state index contributed by atoms with van der Waals surface area (Å²) in [7, 11) is 1.49. The molecule has 0 aromatic heterocycles. The molecule has 1 fully saturated rings. The summed E-state index contributed by atoms with van der Waals surface area (Å²) < 4.78 is 4.92. The Hall–Kier alpha value is -0.960. The Bertz CT molecular complexity index is 477. The summed E-state index contributed by atoms with van der Waals surface area (Å²) in [5.41, 5.74) is 2.55. The number of hydrogen-bond acceptors (Lipinski definition) is 3. The van der Waals surface area contributed by atoms with Crippen LogP contribution in [0.2, 0.25) is 0 Å². The highest BCUT2D eigenvalue weighted by molar-refractivity contribution is 7.99. The van der Waals surface area contributed by atoms with Crippen LogP contribution in [0.5, 0.6) is 0 Å². The fraction of sp³-hybridized carbons (Fsp3) is 0.533. The van der Waals surface area contributed by atoms with E-state index in [2.05, 4.69) is 18.2 Å². The molecule has 1 aliphatic carbocycles. The van der Waals surface area contributed by atoms with Gasteiger partial charge in [-0.25, -0.2) is 0 Å². The lowest BCUT2D eigenvalue weighted by molar-refractivity contribution is -0.147. The average Bonchev–Trinajstić information content (AvgIpc) is 3.18. The molecular weight excluding hydrogens is 244 g/mol. The van der Waals surface area contributed by atoms with Crippen molar-refractivity contribution in [3.8, 4) is 0 Å². The molecule has 0 N–H and O–H groups in total. The van der Waals surface area contributed by atoms with E-state index in [4.69, 9.17) is 4.74 Å². The summed E-state index contributed by atoms with van der Waals surface area (Å²) in [6, 6.07) is 6.70. The van der Waals surface area contributed by atoms with Gasteiger partial charge in [0.2, 0.25) is 0 Å². The fourth-order valence-electron chi connectivity index (χ4n) is 2.73. The third kappa shape index (κ3) is 2.16. The number of ether oxygens (including phenoxy) is 1. The van der Waals surface area contributed by atoms with E-state index in [1.54, 1.807) is 0 Å². The van der Waals surface area contributed by atoms with E-state index in [-0.39, 0.29) is 11.4 Å². The number of aryl methyl sites for hydroxylation is 1. The van der Waals surface area contributed by atoms with Crippen LogP contribution in [-0.2, 0) is 22.4 Å². The predicted octanol–water partition coefficient (Wildman–Crippen LogP) is 3.22. The third-order valence-corrected chi connectivity index (χ3v) is 5.19. The quantitative estimate of drug-likeness (QED) is 0.782. The van der Waals surface area contributed by atoms with Crippen molar-refractivity contribution in [1.29, 1.82) is 0 Å². The van der Waals surface area contributed by atoms with Gasteiger partial charge < -0.3 is 4.74 Å². The van der Waals surface area contributed by atoms with Gasteiger partial charge in [0, 0.05) is 4.90 Å². The Labute approximate surface area is 112 Å². The van der Waals surface area contributed by atoms with Gasteiger partial charge in [0.05, 0.1) is 12.5 Å².